The summed E-state index contributed by atoms with van der Waals surface area (Å²) in [5.41, 5.74) is 1.19. The van der Waals surface area contributed by atoms with Crippen LogP contribution in [0.15, 0.2) is 11.6 Å². The summed E-state index contributed by atoms with van der Waals surface area (Å²) in [6, 6.07) is -0.573. The number of carboxylic acid groups (broad SMARTS) is 1. The first-order valence-corrected chi connectivity index (χ1v) is 5.97. The number of urea groups is 1. The van der Waals surface area contributed by atoms with Crippen molar-refractivity contribution in [2.45, 2.75) is 25.8 Å². The maximum atomic E-state index is 11.8. The molecule has 2 amide bonds. The van der Waals surface area contributed by atoms with Gasteiger partial charge in [0.15, 0.2) is 0 Å². The molecule has 1 atom stereocenters. The van der Waals surface area contributed by atoms with E-state index >= 15 is 0 Å². The minimum absolute atomic E-state index is 0.0651. The van der Waals surface area contributed by atoms with Gasteiger partial charge in [0.25, 0.3) is 0 Å². The van der Waals surface area contributed by atoms with Gasteiger partial charge in [-0.05, 0) is 18.9 Å². The molecule has 1 heterocycles. The lowest BCUT2D eigenvalue weighted by molar-refractivity contribution is -0.137. The number of nitrogens with zero attached hydrogens (tertiary/aromatic N) is 1. The standard InChI is InChI=1S/C12H20N2O4/c1-9(7-11(15)16)13-12(17)14-5-3-10(4-6-14)8-18-2/h3,9H,4-8H2,1-2H3,(H,13,17)(H,15,16). The maximum absolute atomic E-state index is 11.8. The van der Waals surface area contributed by atoms with Crippen LogP contribution in [-0.4, -0.2) is 54.9 Å². The van der Waals surface area contributed by atoms with Crippen LogP contribution in [0, 0.1) is 0 Å². The summed E-state index contributed by atoms with van der Waals surface area (Å²) in [5, 5.41) is 11.3. The zero-order chi connectivity index (χ0) is 13.5. The molecule has 6 heteroatoms. The van der Waals surface area contributed by atoms with Crippen molar-refractivity contribution in [3.05, 3.63) is 11.6 Å². The lowest BCUT2D eigenvalue weighted by Crippen LogP contribution is -2.46. The highest BCUT2D eigenvalue weighted by Crippen LogP contribution is 2.11. The summed E-state index contributed by atoms with van der Waals surface area (Å²) in [7, 11) is 1.65. The normalized spacial score (nSPS) is 17.0. The number of carbonyl (C=O) groups is 2. The van der Waals surface area contributed by atoms with Crippen molar-refractivity contribution in [2.24, 2.45) is 0 Å². The number of carboxylic acids is 1. The molecule has 0 spiro atoms. The summed E-state index contributed by atoms with van der Waals surface area (Å²) in [6.07, 6.45) is 2.72. The average molecular weight is 256 g/mol. The molecule has 0 aromatic rings. The van der Waals surface area contributed by atoms with E-state index in [2.05, 4.69) is 5.32 Å². The second-order valence-electron chi connectivity index (χ2n) is 4.44. The van der Waals surface area contributed by atoms with Crippen molar-refractivity contribution < 1.29 is 19.4 Å². The Morgan fingerprint density at radius 1 is 1.61 bits per heavy atom. The predicted octanol–water partition coefficient (Wildman–Crippen LogP) is 0.838. The van der Waals surface area contributed by atoms with E-state index in [-0.39, 0.29) is 18.5 Å². The van der Waals surface area contributed by atoms with E-state index in [0.29, 0.717) is 19.7 Å². The second-order valence-corrected chi connectivity index (χ2v) is 4.44. The minimum Gasteiger partial charge on any atom is -0.481 e. The molecule has 6 nitrogen and oxygen atoms in total. The first kappa shape index (κ1) is 14.5. The summed E-state index contributed by atoms with van der Waals surface area (Å²) >= 11 is 0. The average Bonchev–Trinajstić information content (AvgIpc) is 2.29. The Bertz CT molecular complexity index is 341. The van der Waals surface area contributed by atoms with Gasteiger partial charge in [-0.2, -0.15) is 0 Å². The Morgan fingerprint density at radius 2 is 2.33 bits per heavy atom. The Hall–Kier alpha value is -1.56. The summed E-state index contributed by atoms with van der Waals surface area (Å²) in [6.45, 7) is 3.47. The number of methoxy groups -OCH3 is 1. The fourth-order valence-electron chi connectivity index (χ4n) is 1.83. The third-order valence-corrected chi connectivity index (χ3v) is 2.77. The zero-order valence-electron chi connectivity index (χ0n) is 10.8. The van der Waals surface area contributed by atoms with Crippen molar-refractivity contribution >= 4 is 12.0 Å². The molecule has 102 valence electrons. The highest BCUT2D eigenvalue weighted by atomic mass is 16.5. The van der Waals surface area contributed by atoms with E-state index in [1.165, 1.54) is 5.57 Å². The second kappa shape index (κ2) is 7.00. The van der Waals surface area contributed by atoms with Crippen LogP contribution in [0.3, 0.4) is 0 Å². The van der Waals surface area contributed by atoms with Gasteiger partial charge in [0, 0.05) is 26.2 Å². The monoisotopic (exact) mass is 256 g/mol. The number of aliphatic carboxylic acids is 1. The molecule has 1 unspecified atom stereocenters. The summed E-state index contributed by atoms with van der Waals surface area (Å²) in [5.74, 6) is -0.913. The predicted molar refractivity (Wildman–Crippen MR) is 66.4 cm³/mol. The van der Waals surface area contributed by atoms with Crippen LogP contribution >= 0.6 is 0 Å². The van der Waals surface area contributed by atoms with E-state index in [1.54, 1.807) is 18.9 Å². The molecular weight excluding hydrogens is 236 g/mol. The quantitative estimate of drug-likeness (QED) is 0.714. The number of nitrogens with one attached hydrogen (secondary N) is 1. The van der Waals surface area contributed by atoms with Crippen LogP contribution in [0.5, 0.6) is 0 Å². The van der Waals surface area contributed by atoms with Gasteiger partial charge in [0.05, 0.1) is 13.0 Å². The number of carbonyl (C=O) groups excluding carboxylic acids is 1. The van der Waals surface area contributed by atoms with Gasteiger partial charge in [-0.15, -0.1) is 0 Å². The van der Waals surface area contributed by atoms with Gasteiger partial charge in [-0.25, -0.2) is 4.79 Å². The third kappa shape index (κ3) is 4.75. The highest BCUT2D eigenvalue weighted by Gasteiger charge is 2.19. The molecule has 0 fully saturated rings. The molecule has 0 aromatic carbocycles. The van der Waals surface area contributed by atoms with Crippen LogP contribution in [0.2, 0.25) is 0 Å². The Kier molecular flexibility index (Phi) is 5.64. The van der Waals surface area contributed by atoms with Gasteiger partial charge < -0.3 is 20.1 Å². The summed E-state index contributed by atoms with van der Waals surface area (Å²) < 4.78 is 5.03. The lowest BCUT2D eigenvalue weighted by atomic mass is 10.1. The molecule has 0 aromatic heterocycles. The first-order valence-electron chi connectivity index (χ1n) is 5.97. The molecular formula is C12H20N2O4. The number of rotatable bonds is 5. The van der Waals surface area contributed by atoms with Gasteiger partial charge in [0.2, 0.25) is 0 Å². The minimum atomic E-state index is -0.913. The van der Waals surface area contributed by atoms with Crippen LogP contribution in [-0.2, 0) is 9.53 Å². The van der Waals surface area contributed by atoms with E-state index < -0.39 is 5.97 Å². The van der Waals surface area contributed by atoms with Crippen molar-refractivity contribution in [2.75, 3.05) is 26.8 Å². The Balaban J connectivity index is 2.38. The van der Waals surface area contributed by atoms with E-state index in [1.807, 2.05) is 6.08 Å². The molecule has 0 saturated heterocycles. The van der Waals surface area contributed by atoms with Gasteiger partial charge in [-0.1, -0.05) is 6.08 Å². The SMILES string of the molecule is COCC1=CCN(C(=O)NC(C)CC(=O)O)CC1. The van der Waals surface area contributed by atoms with Crippen molar-refractivity contribution in [3.8, 4) is 0 Å². The van der Waals surface area contributed by atoms with Gasteiger partial charge >= 0.3 is 12.0 Å². The smallest absolute Gasteiger partial charge is 0.317 e. The van der Waals surface area contributed by atoms with Crippen LogP contribution in [0.25, 0.3) is 0 Å². The van der Waals surface area contributed by atoms with Gasteiger partial charge in [-0.3, -0.25) is 4.79 Å². The molecule has 1 aliphatic rings. The molecule has 0 radical (unpaired) electrons. The molecule has 0 bridgehead atoms. The van der Waals surface area contributed by atoms with Crippen LogP contribution in [0.4, 0.5) is 4.79 Å². The lowest BCUT2D eigenvalue weighted by Gasteiger charge is -2.27. The first-order chi connectivity index (χ1) is 8.52. The van der Waals surface area contributed by atoms with E-state index in [4.69, 9.17) is 9.84 Å². The topological polar surface area (TPSA) is 78.9 Å². The number of ether oxygens (including phenoxy) is 1. The van der Waals surface area contributed by atoms with Crippen LogP contribution < -0.4 is 5.32 Å². The van der Waals surface area contributed by atoms with Crippen LogP contribution in [0.1, 0.15) is 19.8 Å². The number of hydrogen-bond acceptors (Lipinski definition) is 3. The van der Waals surface area contributed by atoms with Crippen molar-refractivity contribution in [3.63, 3.8) is 0 Å². The van der Waals surface area contributed by atoms with E-state index in [0.717, 1.165) is 6.42 Å². The maximum Gasteiger partial charge on any atom is 0.317 e. The Labute approximate surface area is 107 Å². The Morgan fingerprint density at radius 3 is 2.83 bits per heavy atom. The largest absolute Gasteiger partial charge is 0.481 e. The third-order valence-electron chi connectivity index (χ3n) is 2.77. The molecule has 18 heavy (non-hydrogen) atoms. The zero-order valence-corrected chi connectivity index (χ0v) is 10.8. The molecule has 1 aliphatic heterocycles. The fourth-order valence-corrected chi connectivity index (χ4v) is 1.83. The molecule has 1 rings (SSSR count). The molecule has 0 saturated carbocycles. The van der Waals surface area contributed by atoms with Gasteiger partial charge in [0.1, 0.15) is 0 Å². The number of hydrogen-bond donors (Lipinski definition) is 2. The molecule has 2 N–H and O–H groups in total. The van der Waals surface area contributed by atoms with E-state index in [9.17, 15) is 9.59 Å². The van der Waals surface area contributed by atoms with Crippen molar-refractivity contribution in [1.29, 1.82) is 0 Å². The summed E-state index contributed by atoms with van der Waals surface area (Å²) in [4.78, 5) is 24.0. The highest BCUT2D eigenvalue weighted by molar-refractivity contribution is 5.76. The number of amides is 2. The van der Waals surface area contributed by atoms with Crippen molar-refractivity contribution in [1.82, 2.24) is 10.2 Å². The molecule has 0 aliphatic carbocycles. The fraction of sp³-hybridized carbons (Fsp3) is 0.667.